The van der Waals surface area contributed by atoms with Gasteiger partial charge in [-0.05, 0) is 19.8 Å². The topological polar surface area (TPSA) is 12.4 Å². The Hall–Kier alpha value is -0.590. The number of nitrogens with zero attached hydrogens (tertiary/aromatic N) is 1. The van der Waals surface area contributed by atoms with E-state index in [1.165, 1.54) is 0 Å². The van der Waals surface area contributed by atoms with Gasteiger partial charge < -0.3 is 0 Å². The SMILES string of the molecule is CC(C)/C=C\C/C=N\C(C)C. The molecule has 0 saturated heterocycles. The molecule has 1 heteroatoms. The van der Waals surface area contributed by atoms with Crippen LogP contribution in [0.25, 0.3) is 0 Å². The van der Waals surface area contributed by atoms with E-state index in [1.807, 2.05) is 6.21 Å². The van der Waals surface area contributed by atoms with Crippen LogP contribution >= 0.6 is 0 Å². The average molecular weight is 153 g/mol. The molecular weight excluding hydrogens is 134 g/mol. The van der Waals surface area contributed by atoms with Gasteiger partial charge >= 0.3 is 0 Å². The summed E-state index contributed by atoms with van der Waals surface area (Å²) < 4.78 is 0. The Labute approximate surface area is 70.2 Å². The van der Waals surface area contributed by atoms with Crippen LogP contribution in [-0.2, 0) is 0 Å². The van der Waals surface area contributed by atoms with E-state index in [1.54, 1.807) is 0 Å². The van der Waals surface area contributed by atoms with Gasteiger partial charge in [-0.1, -0.05) is 26.0 Å². The number of allylic oxidation sites excluding steroid dienone is 2. The molecule has 0 aromatic rings. The monoisotopic (exact) mass is 153 g/mol. The second-order valence-corrected chi connectivity index (χ2v) is 3.33. The van der Waals surface area contributed by atoms with Gasteiger partial charge in [-0.15, -0.1) is 0 Å². The molecule has 0 N–H and O–H groups in total. The van der Waals surface area contributed by atoms with E-state index < -0.39 is 0 Å². The zero-order valence-electron chi connectivity index (χ0n) is 8.04. The second-order valence-electron chi connectivity index (χ2n) is 3.33. The third-order valence-electron chi connectivity index (χ3n) is 1.17. The van der Waals surface area contributed by atoms with E-state index in [2.05, 4.69) is 44.8 Å². The van der Waals surface area contributed by atoms with Crippen LogP contribution < -0.4 is 0 Å². The standard InChI is InChI=1S/C10H19N/c1-9(2)7-5-6-8-11-10(3)4/h5,7-10H,6H2,1-4H3/b7-5-,11-8-. The molecule has 0 aliphatic heterocycles. The number of rotatable bonds is 4. The molecule has 64 valence electrons. The molecule has 0 aliphatic rings. The molecule has 0 fully saturated rings. The third-order valence-corrected chi connectivity index (χ3v) is 1.17. The van der Waals surface area contributed by atoms with Crippen molar-refractivity contribution in [2.24, 2.45) is 10.9 Å². The van der Waals surface area contributed by atoms with Crippen molar-refractivity contribution in [3.8, 4) is 0 Å². The maximum Gasteiger partial charge on any atom is 0.0439 e. The lowest BCUT2D eigenvalue weighted by molar-refractivity contribution is 0.826. The molecule has 0 spiro atoms. The predicted octanol–water partition coefficient (Wildman–Crippen LogP) is 3.07. The van der Waals surface area contributed by atoms with Crippen LogP contribution in [0.15, 0.2) is 17.1 Å². The highest BCUT2D eigenvalue weighted by Gasteiger charge is 1.83. The summed E-state index contributed by atoms with van der Waals surface area (Å²) in [6.07, 6.45) is 7.31. The van der Waals surface area contributed by atoms with E-state index >= 15 is 0 Å². The van der Waals surface area contributed by atoms with Gasteiger partial charge in [0.15, 0.2) is 0 Å². The van der Waals surface area contributed by atoms with Crippen LogP contribution in [0.5, 0.6) is 0 Å². The summed E-state index contributed by atoms with van der Waals surface area (Å²) >= 11 is 0. The molecule has 0 aromatic heterocycles. The van der Waals surface area contributed by atoms with E-state index in [-0.39, 0.29) is 0 Å². The largest absolute Gasteiger partial charge is 0.294 e. The zero-order chi connectivity index (χ0) is 8.69. The zero-order valence-corrected chi connectivity index (χ0v) is 8.04. The highest BCUT2D eigenvalue weighted by atomic mass is 14.7. The number of aliphatic imine (C=N–C) groups is 1. The van der Waals surface area contributed by atoms with E-state index in [0.717, 1.165) is 6.42 Å². The van der Waals surface area contributed by atoms with E-state index in [9.17, 15) is 0 Å². The normalized spacial score (nSPS) is 12.9. The molecule has 11 heavy (non-hydrogen) atoms. The Morgan fingerprint density at radius 2 is 1.82 bits per heavy atom. The van der Waals surface area contributed by atoms with Gasteiger partial charge in [0.05, 0.1) is 0 Å². The molecule has 0 radical (unpaired) electrons. The average Bonchev–Trinajstić information content (AvgIpc) is 1.85. The summed E-state index contributed by atoms with van der Waals surface area (Å²) in [5.41, 5.74) is 0. The molecule has 0 unspecified atom stereocenters. The van der Waals surface area contributed by atoms with Crippen LogP contribution in [0.2, 0.25) is 0 Å². The van der Waals surface area contributed by atoms with Gasteiger partial charge in [0.2, 0.25) is 0 Å². The maximum absolute atomic E-state index is 4.25. The quantitative estimate of drug-likeness (QED) is 0.435. The molecular formula is C10H19N. The summed E-state index contributed by atoms with van der Waals surface area (Å²) in [6, 6.07) is 0.433. The maximum atomic E-state index is 4.25. The second kappa shape index (κ2) is 6.14. The minimum absolute atomic E-state index is 0.433. The third kappa shape index (κ3) is 9.41. The summed E-state index contributed by atoms with van der Waals surface area (Å²) in [5.74, 6) is 0.655. The molecule has 0 amide bonds. The molecule has 0 atom stereocenters. The van der Waals surface area contributed by atoms with Gasteiger partial charge in [0.1, 0.15) is 0 Å². The highest BCUT2D eigenvalue weighted by Crippen LogP contribution is 1.94. The molecule has 0 aliphatic carbocycles. The van der Waals surface area contributed by atoms with Crippen LogP contribution in [-0.4, -0.2) is 12.3 Å². The van der Waals surface area contributed by atoms with Crippen molar-refractivity contribution in [1.29, 1.82) is 0 Å². The molecule has 1 nitrogen and oxygen atoms in total. The first-order chi connectivity index (χ1) is 5.13. The lowest BCUT2D eigenvalue weighted by Gasteiger charge is -1.93. The van der Waals surface area contributed by atoms with Crippen LogP contribution in [0, 0.1) is 5.92 Å². The fraction of sp³-hybridized carbons (Fsp3) is 0.700. The summed E-state index contributed by atoms with van der Waals surface area (Å²) in [7, 11) is 0. The number of hydrogen-bond donors (Lipinski definition) is 0. The van der Waals surface area contributed by atoms with Crippen LogP contribution in [0.3, 0.4) is 0 Å². The van der Waals surface area contributed by atoms with Gasteiger partial charge in [0, 0.05) is 18.7 Å². The van der Waals surface area contributed by atoms with Crippen LogP contribution in [0.4, 0.5) is 0 Å². The Bertz CT molecular complexity index is 116. The summed E-state index contributed by atoms with van der Waals surface area (Å²) in [5, 5.41) is 0. The van der Waals surface area contributed by atoms with Gasteiger partial charge in [-0.2, -0.15) is 0 Å². The number of hydrogen-bond acceptors (Lipinski definition) is 1. The van der Waals surface area contributed by atoms with Crippen molar-refractivity contribution in [3.63, 3.8) is 0 Å². The first kappa shape index (κ1) is 10.4. The van der Waals surface area contributed by atoms with E-state index in [4.69, 9.17) is 0 Å². The van der Waals surface area contributed by atoms with Gasteiger partial charge in [-0.3, -0.25) is 4.99 Å². The molecule has 0 saturated carbocycles. The molecule has 0 bridgehead atoms. The molecule has 0 heterocycles. The van der Waals surface area contributed by atoms with Gasteiger partial charge in [0.25, 0.3) is 0 Å². The lowest BCUT2D eigenvalue weighted by atomic mass is 10.2. The Balaban J connectivity index is 3.41. The Kier molecular flexibility index (Phi) is 5.81. The first-order valence-corrected chi connectivity index (χ1v) is 4.31. The van der Waals surface area contributed by atoms with Crippen molar-refractivity contribution < 1.29 is 0 Å². The fourth-order valence-electron chi connectivity index (χ4n) is 0.683. The van der Waals surface area contributed by atoms with Crippen molar-refractivity contribution in [2.45, 2.75) is 40.2 Å². The first-order valence-electron chi connectivity index (χ1n) is 4.31. The van der Waals surface area contributed by atoms with Crippen molar-refractivity contribution in [3.05, 3.63) is 12.2 Å². The smallest absolute Gasteiger partial charge is 0.0439 e. The Morgan fingerprint density at radius 1 is 1.18 bits per heavy atom. The minimum atomic E-state index is 0.433. The predicted molar refractivity (Wildman–Crippen MR) is 52.2 cm³/mol. The molecule has 0 rings (SSSR count). The van der Waals surface area contributed by atoms with Crippen LogP contribution in [0.1, 0.15) is 34.1 Å². The molecule has 0 aromatic carbocycles. The summed E-state index contributed by atoms with van der Waals surface area (Å²) in [4.78, 5) is 4.25. The van der Waals surface area contributed by atoms with Crippen molar-refractivity contribution in [1.82, 2.24) is 0 Å². The van der Waals surface area contributed by atoms with Crippen molar-refractivity contribution in [2.75, 3.05) is 0 Å². The van der Waals surface area contributed by atoms with Gasteiger partial charge in [-0.25, -0.2) is 0 Å². The summed E-state index contributed by atoms with van der Waals surface area (Å²) in [6.45, 7) is 8.53. The van der Waals surface area contributed by atoms with E-state index in [0.29, 0.717) is 12.0 Å². The lowest BCUT2D eigenvalue weighted by Crippen LogP contribution is -1.87. The fourth-order valence-corrected chi connectivity index (χ4v) is 0.683. The minimum Gasteiger partial charge on any atom is -0.294 e. The van der Waals surface area contributed by atoms with Crippen molar-refractivity contribution >= 4 is 6.21 Å². The highest BCUT2D eigenvalue weighted by molar-refractivity contribution is 5.59. The Morgan fingerprint density at radius 3 is 2.27 bits per heavy atom.